The highest BCUT2D eigenvalue weighted by Crippen LogP contribution is 2.26. The summed E-state index contributed by atoms with van der Waals surface area (Å²) in [6.07, 6.45) is 4.52. The van der Waals surface area contributed by atoms with Crippen LogP contribution in [-0.4, -0.2) is 84.3 Å². The number of carbonyl (C=O) groups is 1. The molecule has 0 bridgehead atoms. The molecule has 1 atom stereocenters. The first-order valence-corrected chi connectivity index (χ1v) is 10.4. The quantitative estimate of drug-likeness (QED) is 0.794. The summed E-state index contributed by atoms with van der Waals surface area (Å²) in [5.41, 5.74) is 0.948. The molecular weight excluding hydrogens is 344 g/mol. The zero-order chi connectivity index (χ0) is 18.6. The molecule has 3 saturated heterocycles. The Morgan fingerprint density at radius 3 is 2.63 bits per heavy atom. The Labute approximate surface area is 161 Å². The predicted molar refractivity (Wildman–Crippen MR) is 101 cm³/mol. The van der Waals surface area contributed by atoms with Gasteiger partial charge in [0, 0.05) is 44.8 Å². The first-order chi connectivity index (χ1) is 13.2. The lowest BCUT2D eigenvalue weighted by Gasteiger charge is -2.42. The zero-order valence-corrected chi connectivity index (χ0v) is 16.4. The SMILES string of the molecule is Cc1cc(CN2CCC(N3CCC[C@@H](C(=O)N4CCOCC4)C3)CC2)on1. The van der Waals surface area contributed by atoms with E-state index in [-0.39, 0.29) is 5.92 Å². The lowest BCUT2D eigenvalue weighted by molar-refractivity contribution is -0.142. The van der Waals surface area contributed by atoms with E-state index in [1.54, 1.807) is 0 Å². The normalized spacial score (nSPS) is 26.4. The van der Waals surface area contributed by atoms with Crippen LogP contribution in [0.3, 0.4) is 0 Å². The Hall–Kier alpha value is -1.44. The number of likely N-dealkylation sites (tertiary alicyclic amines) is 2. The number of carbonyl (C=O) groups excluding carboxylic acids is 1. The second-order valence-electron chi connectivity index (χ2n) is 8.21. The number of ether oxygens (including phenoxy) is 1. The standard InChI is InChI=1S/C20H32N4O3/c1-16-13-19(27-21-16)15-22-7-4-18(5-8-22)24-6-2-3-17(14-24)20(25)23-9-11-26-12-10-23/h13,17-18H,2-12,14-15H2,1H3/t17-/m1/s1. The van der Waals surface area contributed by atoms with E-state index in [2.05, 4.69) is 15.0 Å². The molecule has 0 aliphatic carbocycles. The summed E-state index contributed by atoms with van der Waals surface area (Å²) >= 11 is 0. The number of amides is 1. The minimum atomic E-state index is 0.173. The van der Waals surface area contributed by atoms with Crippen molar-refractivity contribution < 1.29 is 14.1 Å². The van der Waals surface area contributed by atoms with E-state index in [1.165, 1.54) is 12.8 Å². The molecule has 0 unspecified atom stereocenters. The predicted octanol–water partition coefficient (Wildman–Crippen LogP) is 1.52. The van der Waals surface area contributed by atoms with Gasteiger partial charge in [-0.1, -0.05) is 5.16 Å². The van der Waals surface area contributed by atoms with Gasteiger partial charge in [-0.2, -0.15) is 0 Å². The molecule has 0 N–H and O–H groups in total. The molecule has 0 saturated carbocycles. The Balaban J connectivity index is 1.26. The maximum Gasteiger partial charge on any atom is 0.227 e. The van der Waals surface area contributed by atoms with Gasteiger partial charge in [-0.05, 0) is 39.2 Å². The molecule has 7 nitrogen and oxygen atoms in total. The molecular formula is C20H32N4O3. The van der Waals surface area contributed by atoms with E-state index in [9.17, 15) is 4.79 Å². The highest BCUT2D eigenvalue weighted by molar-refractivity contribution is 5.79. The van der Waals surface area contributed by atoms with Crippen LogP contribution in [0, 0.1) is 12.8 Å². The summed E-state index contributed by atoms with van der Waals surface area (Å²) in [5, 5.41) is 3.98. The maximum atomic E-state index is 12.9. The summed E-state index contributed by atoms with van der Waals surface area (Å²) in [6, 6.07) is 2.64. The van der Waals surface area contributed by atoms with Crippen LogP contribution in [0.4, 0.5) is 0 Å². The highest BCUT2D eigenvalue weighted by atomic mass is 16.5. The molecule has 0 radical (unpaired) electrons. The van der Waals surface area contributed by atoms with Gasteiger partial charge in [0.1, 0.15) is 0 Å². The molecule has 1 aromatic rings. The van der Waals surface area contributed by atoms with Crippen molar-refractivity contribution in [1.29, 1.82) is 0 Å². The van der Waals surface area contributed by atoms with Gasteiger partial charge in [0.2, 0.25) is 5.91 Å². The molecule has 0 spiro atoms. The van der Waals surface area contributed by atoms with Gasteiger partial charge in [-0.3, -0.25) is 14.6 Å². The number of aryl methyl sites for hydroxylation is 1. The molecule has 4 rings (SSSR count). The molecule has 3 fully saturated rings. The van der Waals surface area contributed by atoms with Gasteiger partial charge >= 0.3 is 0 Å². The third-order valence-electron chi connectivity index (χ3n) is 6.25. The van der Waals surface area contributed by atoms with Crippen molar-refractivity contribution in [3.8, 4) is 0 Å². The summed E-state index contributed by atoms with van der Waals surface area (Å²) < 4.78 is 10.7. The van der Waals surface area contributed by atoms with E-state index in [0.717, 1.165) is 70.1 Å². The molecule has 150 valence electrons. The fourth-order valence-electron chi connectivity index (χ4n) is 4.74. The Bertz CT molecular complexity index is 620. The number of hydrogen-bond donors (Lipinski definition) is 0. The first-order valence-electron chi connectivity index (χ1n) is 10.4. The number of nitrogens with zero attached hydrogens (tertiary/aromatic N) is 4. The Morgan fingerprint density at radius 2 is 1.93 bits per heavy atom. The monoisotopic (exact) mass is 376 g/mol. The number of hydrogen-bond acceptors (Lipinski definition) is 6. The van der Waals surface area contributed by atoms with Crippen molar-refractivity contribution in [2.24, 2.45) is 5.92 Å². The largest absolute Gasteiger partial charge is 0.378 e. The summed E-state index contributed by atoms with van der Waals surface area (Å²) in [4.78, 5) is 19.9. The summed E-state index contributed by atoms with van der Waals surface area (Å²) in [6.45, 7) is 9.95. The summed E-state index contributed by atoms with van der Waals surface area (Å²) in [7, 11) is 0. The van der Waals surface area contributed by atoms with E-state index < -0.39 is 0 Å². The smallest absolute Gasteiger partial charge is 0.227 e. The van der Waals surface area contributed by atoms with Crippen molar-refractivity contribution in [1.82, 2.24) is 19.9 Å². The van der Waals surface area contributed by atoms with Crippen LogP contribution in [-0.2, 0) is 16.1 Å². The third-order valence-corrected chi connectivity index (χ3v) is 6.25. The van der Waals surface area contributed by atoms with Crippen LogP contribution in [0.15, 0.2) is 10.6 Å². The van der Waals surface area contributed by atoms with Crippen LogP contribution in [0.2, 0.25) is 0 Å². The molecule has 1 aromatic heterocycles. The lowest BCUT2D eigenvalue weighted by Crippen LogP contribution is -2.52. The van der Waals surface area contributed by atoms with E-state index in [1.807, 2.05) is 17.9 Å². The fourth-order valence-corrected chi connectivity index (χ4v) is 4.74. The van der Waals surface area contributed by atoms with E-state index >= 15 is 0 Å². The van der Waals surface area contributed by atoms with Crippen LogP contribution in [0.25, 0.3) is 0 Å². The van der Waals surface area contributed by atoms with Crippen LogP contribution >= 0.6 is 0 Å². The third kappa shape index (κ3) is 4.70. The van der Waals surface area contributed by atoms with Crippen molar-refractivity contribution >= 4 is 5.91 Å². The van der Waals surface area contributed by atoms with Gasteiger partial charge in [0.05, 0.1) is 31.4 Å². The molecule has 0 aromatic carbocycles. The second-order valence-corrected chi connectivity index (χ2v) is 8.21. The van der Waals surface area contributed by atoms with Crippen molar-refractivity contribution in [2.75, 3.05) is 52.5 Å². The topological polar surface area (TPSA) is 62.0 Å². The van der Waals surface area contributed by atoms with Crippen molar-refractivity contribution in [3.05, 3.63) is 17.5 Å². The molecule has 1 amide bonds. The minimum Gasteiger partial charge on any atom is -0.378 e. The summed E-state index contributed by atoms with van der Waals surface area (Å²) in [5.74, 6) is 1.48. The van der Waals surface area contributed by atoms with Crippen LogP contribution in [0.5, 0.6) is 0 Å². The van der Waals surface area contributed by atoms with Gasteiger partial charge in [-0.25, -0.2) is 0 Å². The average Bonchev–Trinajstić information content (AvgIpc) is 3.13. The molecule has 7 heteroatoms. The average molecular weight is 377 g/mol. The Kier molecular flexibility index (Phi) is 6.10. The van der Waals surface area contributed by atoms with Gasteiger partial charge in [-0.15, -0.1) is 0 Å². The first kappa shape index (κ1) is 18.9. The maximum absolute atomic E-state index is 12.9. The Morgan fingerprint density at radius 1 is 1.15 bits per heavy atom. The minimum absolute atomic E-state index is 0.173. The number of rotatable bonds is 4. The van der Waals surface area contributed by atoms with Crippen LogP contribution in [0.1, 0.15) is 37.1 Å². The van der Waals surface area contributed by atoms with Gasteiger partial charge in [0.15, 0.2) is 5.76 Å². The molecule has 3 aliphatic rings. The molecule has 27 heavy (non-hydrogen) atoms. The number of aromatic nitrogens is 1. The fraction of sp³-hybridized carbons (Fsp3) is 0.800. The van der Waals surface area contributed by atoms with Crippen LogP contribution < -0.4 is 0 Å². The lowest BCUT2D eigenvalue weighted by atomic mass is 9.92. The van der Waals surface area contributed by atoms with Crippen molar-refractivity contribution in [2.45, 2.75) is 45.2 Å². The number of piperidine rings is 2. The second kappa shape index (κ2) is 8.71. The highest BCUT2D eigenvalue weighted by Gasteiger charge is 2.34. The number of morpholine rings is 1. The molecule has 4 heterocycles. The van der Waals surface area contributed by atoms with Gasteiger partial charge in [0.25, 0.3) is 0 Å². The van der Waals surface area contributed by atoms with E-state index in [0.29, 0.717) is 25.2 Å². The van der Waals surface area contributed by atoms with Crippen molar-refractivity contribution in [3.63, 3.8) is 0 Å². The zero-order valence-electron chi connectivity index (χ0n) is 16.4. The van der Waals surface area contributed by atoms with Gasteiger partial charge < -0.3 is 14.2 Å². The molecule has 3 aliphatic heterocycles. The van der Waals surface area contributed by atoms with E-state index in [4.69, 9.17) is 9.26 Å².